The molecule has 1 saturated carbocycles. The van der Waals surface area contributed by atoms with Gasteiger partial charge in [-0.25, -0.2) is 9.48 Å². The minimum atomic E-state index is -0.868. The standard InChI is InChI=1S/C28H29N3O5/c1-19(28(33)29-22-7-5-6-8-22)36-26(32)14-12-21-18-31(23-9-3-2-4-10-23)30-27(21)20-11-13-24-25(17-20)35-16-15-34-24/h2-4,9-14,17-19,22H,5-8,15-16H2,1H3,(H,29,33)/b14-12+/t19-/m1/s1. The molecule has 1 amide bonds. The predicted molar refractivity (Wildman–Crippen MR) is 135 cm³/mol. The van der Waals surface area contributed by atoms with Crippen LogP contribution in [-0.2, 0) is 14.3 Å². The Bertz CT molecular complexity index is 1260. The number of hydrogen-bond acceptors (Lipinski definition) is 6. The quantitative estimate of drug-likeness (QED) is 0.394. The van der Waals surface area contributed by atoms with Crippen LogP contribution in [0.25, 0.3) is 23.0 Å². The summed E-state index contributed by atoms with van der Waals surface area (Å²) in [5, 5.41) is 7.74. The maximum atomic E-state index is 12.5. The van der Waals surface area contributed by atoms with E-state index in [1.54, 1.807) is 17.7 Å². The molecule has 0 bridgehead atoms. The lowest BCUT2D eigenvalue weighted by Gasteiger charge is -2.18. The Hall–Kier alpha value is -4.07. The van der Waals surface area contributed by atoms with Crippen molar-refractivity contribution < 1.29 is 23.8 Å². The van der Waals surface area contributed by atoms with Crippen LogP contribution in [-0.4, -0.2) is 47.0 Å². The summed E-state index contributed by atoms with van der Waals surface area (Å²) in [6, 6.07) is 15.5. The molecule has 1 atom stereocenters. The minimum absolute atomic E-state index is 0.173. The Morgan fingerprint density at radius 1 is 1.08 bits per heavy atom. The number of ether oxygens (including phenoxy) is 3. The van der Waals surface area contributed by atoms with Gasteiger partial charge in [0.25, 0.3) is 5.91 Å². The van der Waals surface area contributed by atoms with Gasteiger partial charge in [0.1, 0.15) is 18.9 Å². The molecule has 1 N–H and O–H groups in total. The van der Waals surface area contributed by atoms with Crippen LogP contribution >= 0.6 is 0 Å². The molecule has 0 saturated heterocycles. The second-order valence-corrected chi connectivity index (χ2v) is 8.97. The Kier molecular flexibility index (Phi) is 7.02. The summed E-state index contributed by atoms with van der Waals surface area (Å²) in [4.78, 5) is 24.9. The number of carbonyl (C=O) groups is 2. The summed E-state index contributed by atoms with van der Waals surface area (Å²) < 4.78 is 18.5. The van der Waals surface area contributed by atoms with Crippen molar-refractivity contribution in [3.8, 4) is 28.4 Å². The molecule has 3 aromatic rings. The van der Waals surface area contributed by atoms with Crippen LogP contribution < -0.4 is 14.8 Å². The summed E-state index contributed by atoms with van der Waals surface area (Å²) in [5.74, 6) is 0.490. The first-order chi connectivity index (χ1) is 17.6. The van der Waals surface area contributed by atoms with Crippen molar-refractivity contribution in [1.29, 1.82) is 0 Å². The van der Waals surface area contributed by atoms with Crippen LogP contribution in [0.1, 0.15) is 38.2 Å². The zero-order valence-corrected chi connectivity index (χ0v) is 20.2. The molecule has 0 unspecified atom stereocenters. The molecule has 0 radical (unpaired) electrons. The van der Waals surface area contributed by atoms with Crippen LogP contribution in [0.15, 0.2) is 60.8 Å². The fourth-order valence-corrected chi connectivity index (χ4v) is 4.45. The Labute approximate surface area is 209 Å². The minimum Gasteiger partial charge on any atom is -0.486 e. The molecular weight excluding hydrogens is 458 g/mol. The van der Waals surface area contributed by atoms with Gasteiger partial charge < -0.3 is 19.5 Å². The third-order valence-electron chi connectivity index (χ3n) is 6.34. The highest BCUT2D eigenvalue weighted by molar-refractivity contribution is 5.91. The maximum Gasteiger partial charge on any atom is 0.331 e. The van der Waals surface area contributed by atoms with Gasteiger partial charge in [0.05, 0.1) is 5.69 Å². The number of benzene rings is 2. The van der Waals surface area contributed by atoms with Crippen molar-refractivity contribution in [2.75, 3.05) is 13.2 Å². The molecule has 186 valence electrons. The molecule has 1 aliphatic heterocycles. The lowest BCUT2D eigenvalue weighted by atomic mass is 10.1. The third kappa shape index (κ3) is 5.43. The van der Waals surface area contributed by atoms with Crippen molar-refractivity contribution in [1.82, 2.24) is 15.1 Å². The Morgan fingerprint density at radius 3 is 2.61 bits per heavy atom. The van der Waals surface area contributed by atoms with E-state index in [4.69, 9.17) is 19.3 Å². The van der Waals surface area contributed by atoms with Gasteiger partial charge in [-0.15, -0.1) is 0 Å². The van der Waals surface area contributed by atoms with Gasteiger partial charge in [0.2, 0.25) is 0 Å². The summed E-state index contributed by atoms with van der Waals surface area (Å²) in [7, 11) is 0. The van der Waals surface area contributed by atoms with Crippen molar-refractivity contribution in [3.05, 3.63) is 66.4 Å². The van der Waals surface area contributed by atoms with E-state index in [9.17, 15) is 9.59 Å². The van der Waals surface area contributed by atoms with Gasteiger partial charge in [-0.05, 0) is 56.2 Å². The summed E-state index contributed by atoms with van der Waals surface area (Å²) in [5.41, 5.74) is 3.10. The summed E-state index contributed by atoms with van der Waals surface area (Å²) >= 11 is 0. The third-order valence-corrected chi connectivity index (χ3v) is 6.34. The van der Waals surface area contributed by atoms with E-state index in [2.05, 4.69) is 5.32 Å². The van der Waals surface area contributed by atoms with Gasteiger partial charge in [-0.1, -0.05) is 31.0 Å². The molecule has 36 heavy (non-hydrogen) atoms. The first-order valence-electron chi connectivity index (χ1n) is 12.3. The summed E-state index contributed by atoms with van der Waals surface area (Å²) in [6.45, 7) is 2.59. The van der Waals surface area contributed by atoms with Crippen molar-refractivity contribution in [3.63, 3.8) is 0 Å². The van der Waals surface area contributed by atoms with E-state index in [-0.39, 0.29) is 11.9 Å². The monoisotopic (exact) mass is 487 g/mol. The molecule has 8 nitrogen and oxygen atoms in total. The summed E-state index contributed by atoms with van der Waals surface area (Å²) in [6.07, 6.45) is 8.14. The van der Waals surface area contributed by atoms with Gasteiger partial charge >= 0.3 is 5.97 Å². The largest absolute Gasteiger partial charge is 0.486 e. The first kappa shape index (κ1) is 23.7. The number of amides is 1. The maximum absolute atomic E-state index is 12.5. The van der Waals surface area contributed by atoms with E-state index in [0.29, 0.717) is 30.4 Å². The van der Waals surface area contributed by atoms with Gasteiger partial charge in [0.15, 0.2) is 17.6 Å². The molecule has 5 rings (SSSR count). The highest BCUT2D eigenvalue weighted by Gasteiger charge is 2.23. The highest BCUT2D eigenvalue weighted by Crippen LogP contribution is 2.35. The van der Waals surface area contributed by atoms with Crippen LogP contribution in [0.2, 0.25) is 0 Å². The zero-order chi connectivity index (χ0) is 24.9. The molecule has 2 heterocycles. The molecule has 2 aliphatic rings. The second-order valence-electron chi connectivity index (χ2n) is 8.97. The van der Waals surface area contributed by atoms with Gasteiger partial charge in [-0.3, -0.25) is 4.79 Å². The van der Waals surface area contributed by atoms with Crippen LogP contribution in [0, 0.1) is 0 Å². The van der Waals surface area contributed by atoms with Gasteiger partial charge in [0, 0.05) is 29.4 Å². The number of aromatic nitrogens is 2. The first-order valence-corrected chi connectivity index (χ1v) is 12.3. The van der Waals surface area contributed by atoms with Crippen LogP contribution in [0.4, 0.5) is 0 Å². The fraction of sp³-hybridized carbons (Fsp3) is 0.321. The number of para-hydroxylation sites is 1. The normalized spacial score (nSPS) is 16.1. The number of carbonyl (C=O) groups excluding carboxylic acids is 2. The number of rotatable bonds is 7. The molecule has 0 spiro atoms. The van der Waals surface area contributed by atoms with Crippen LogP contribution in [0.5, 0.6) is 11.5 Å². The SMILES string of the molecule is C[C@@H](OC(=O)/C=C/c1cn(-c2ccccc2)nc1-c1ccc2c(c1)OCCO2)C(=O)NC1CCCC1. The van der Waals surface area contributed by atoms with Crippen molar-refractivity contribution in [2.24, 2.45) is 0 Å². The molecule has 1 aliphatic carbocycles. The smallest absolute Gasteiger partial charge is 0.331 e. The Morgan fingerprint density at radius 2 is 1.83 bits per heavy atom. The fourth-order valence-electron chi connectivity index (χ4n) is 4.45. The number of esters is 1. The van der Waals surface area contributed by atoms with Crippen molar-refractivity contribution in [2.45, 2.75) is 44.8 Å². The van der Waals surface area contributed by atoms with E-state index < -0.39 is 12.1 Å². The molecular formula is C28H29N3O5. The van der Waals surface area contributed by atoms with E-state index in [1.165, 1.54) is 6.08 Å². The molecule has 1 aromatic heterocycles. The van der Waals surface area contributed by atoms with E-state index in [1.807, 2.05) is 54.7 Å². The average molecular weight is 488 g/mol. The molecule has 2 aromatic carbocycles. The van der Waals surface area contributed by atoms with Crippen LogP contribution in [0.3, 0.4) is 0 Å². The topological polar surface area (TPSA) is 91.7 Å². The zero-order valence-electron chi connectivity index (χ0n) is 20.2. The number of nitrogens with zero attached hydrogens (tertiary/aromatic N) is 2. The molecule has 8 heteroatoms. The number of hydrogen-bond donors (Lipinski definition) is 1. The second kappa shape index (κ2) is 10.7. The lowest BCUT2D eigenvalue weighted by Crippen LogP contribution is -2.40. The van der Waals surface area contributed by atoms with E-state index in [0.717, 1.165) is 42.5 Å². The molecule has 1 fully saturated rings. The van der Waals surface area contributed by atoms with Crippen molar-refractivity contribution >= 4 is 18.0 Å². The number of fused-ring (bicyclic) bond motifs is 1. The lowest BCUT2D eigenvalue weighted by molar-refractivity contribution is -0.150. The average Bonchev–Trinajstić information content (AvgIpc) is 3.58. The van der Waals surface area contributed by atoms with Gasteiger partial charge in [-0.2, -0.15) is 5.10 Å². The predicted octanol–water partition coefficient (Wildman–Crippen LogP) is 4.31. The highest BCUT2D eigenvalue weighted by atomic mass is 16.6. The van der Waals surface area contributed by atoms with E-state index >= 15 is 0 Å². The number of nitrogens with one attached hydrogen (secondary N) is 1. The Balaban J connectivity index is 1.36.